The summed E-state index contributed by atoms with van der Waals surface area (Å²) >= 11 is 0. The van der Waals surface area contributed by atoms with Gasteiger partial charge in [0.25, 0.3) is 0 Å². The molecule has 2 aromatic carbocycles. The summed E-state index contributed by atoms with van der Waals surface area (Å²) in [4.78, 5) is 22.7. The van der Waals surface area contributed by atoms with E-state index in [0.717, 1.165) is 71.6 Å². The third-order valence-corrected chi connectivity index (χ3v) is 6.22. The third kappa shape index (κ3) is 4.79. The van der Waals surface area contributed by atoms with E-state index in [-0.39, 0.29) is 0 Å². The van der Waals surface area contributed by atoms with Crippen molar-refractivity contribution in [2.45, 2.75) is 80.1 Å². The maximum absolute atomic E-state index is 11.4. The van der Waals surface area contributed by atoms with Crippen LogP contribution in [0.1, 0.15) is 90.9 Å². The van der Waals surface area contributed by atoms with Gasteiger partial charge in [0.15, 0.2) is 12.6 Å². The molecule has 0 atom stereocenters. The molecule has 150 valence electrons. The number of aryl methyl sites for hydroxylation is 4. The number of carbonyl (C=O) groups is 2. The Morgan fingerprint density at radius 1 is 0.571 bits per heavy atom. The lowest BCUT2D eigenvalue weighted by Crippen LogP contribution is -2.02. The first-order valence-corrected chi connectivity index (χ1v) is 10.4. The van der Waals surface area contributed by atoms with Crippen LogP contribution in [0.15, 0.2) is 12.1 Å². The second-order valence-electron chi connectivity index (χ2n) is 8.21. The van der Waals surface area contributed by atoms with E-state index >= 15 is 0 Å². The van der Waals surface area contributed by atoms with Crippen LogP contribution in [0.4, 0.5) is 0 Å². The molecule has 0 aliphatic heterocycles. The highest BCUT2D eigenvalue weighted by molar-refractivity contribution is 5.81. The zero-order valence-electron chi connectivity index (χ0n) is 18.4. The Hall–Kier alpha value is -2.22. The zero-order valence-corrected chi connectivity index (χ0v) is 18.4. The standard InChI is InChI=1S/C26H34O2/c1-17-13-19(3)25(15-27)21(5)23(17)11-9-7-8-10-12-24-18(2)14-20(4)26(16-28)22(24)6/h13-16H,7-12H2,1-6H3. The van der Waals surface area contributed by atoms with Crippen LogP contribution in [0.25, 0.3) is 0 Å². The summed E-state index contributed by atoms with van der Waals surface area (Å²) in [7, 11) is 0. The van der Waals surface area contributed by atoms with E-state index in [1.54, 1.807) is 0 Å². The molecule has 0 spiro atoms. The highest BCUT2D eigenvalue weighted by Crippen LogP contribution is 2.25. The third-order valence-electron chi connectivity index (χ3n) is 6.22. The SMILES string of the molecule is Cc1cc(C)c(CCCCCCc2c(C)cc(C)c(C=O)c2C)c(C)c1C=O. The van der Waals surface area contributed by atoms with Crippen LogP contribution in [0.5, 0.6) is 0 Å². The molecule has 0 aliphatic rings. The Kier molecular flexibility index (Phi) is 7.74. The van der Waals surface area contributed by atoms with Crippen LogP contribution in [0, 0.1) is 41.5 Å². The quantitative estimate of drug-likeness (QED) is 0.368. The zero-order chi connectivity index (χ0) is 20.8. The van der Waals surface area contributed by atoms with Crippen molar-refractivity contribution in [1.82, 2.24) is 0 Å². The number of hydrogen-bond donors (Lipinski definition) is 0. The number of aldehydes is 2. The number of rotatable bonds is 9. The fourth-order valence-electron chi connectivity index (χ4n) is 4.58. The summed E-state index contributed by atoms with van der Waals surface area (Å²) in [6.45, 7) is 12.5. The smallest absolute Gasteiger partial charge is 0.150 e. The summed E-state index contributed by atoms with van der Waals surface area (Å²) in [5.74, 6) is 0. The highest BCUT2D eigenvalue weighted by Gasteiger charge is 2.11. The number of benzene rings is 2. The predicted octanol–water partition coefficient (Wildman–Crippen LogP) is 6.51. The molecule has 0 saturated carbocycles. The van der Waals surface area contributed by atoms with Gasteiger partial charge in [0.2, 0.25) is 0 Å². The number of unbranched alkanes of at least 4 members (excludes halogenated alkanes) is 3. The Balaban J connectivity index is 1.90. The van der Waals surface area contributed by atoms with E-state index in [2.05, 4.69) is 39.8 Å². The fourth-order valence-corrected chi connectivity index (χ4v) is 4.58. The molecule has 0 radical (unpaired) electrons. The lowest BCUT2D eigenvalue weighted by atomic mass is 9.90. The molecule has 28 heavy (non-hydrogen) atoms. The van der Waals surface area contributed by atoms with E-state index in [1.807, 2.05) is 13.8 Å². The maximum Gasteiger partial charge on any atom is 0.150 e. The summed E-state index contributed by atoms with van der Waals surface area (Å²) in [5.41, 5.74) is 11.5. The Labute approximate surface area is 170 Å². The number of hydrogen-bond acceptors (Lipinski definition) is 2. The van der Waals surface area contributed by atoms with Gasteiger partial charge in [-0.25, -0.2) is 0 Å². The van der Waals surface area contributed by atoms with Crippen molar-refractivity contribution in [1.29, 1.82) is 0 Å². The van der Waals surface area contributed by atoms with Crippen LogP contribution in [0.2, 0.25) is 0 Å². The molecule has 0 heterocycles. The van der Waals surface area contributed by atoms with Crippen molar-refractivity contribution in [3.8, 4) is 0 Å². The topological polar surface area (TPSA) is 34.1 Å². The average Bonchev–Trinajstić information content (AvgIpc) is 2.62. The van der Waals surface area contributed by atoms with Gasteiger partial charge in [-0.05, 0) is 112 Å². The summed E-state index contributed by atoms with van der Waals surface area (Å²) in [6.07, 6.45) is 8.73. The first kappa shape index (κ1) is 22.1. The average molecular weight is 379 g/mol. The lowest BCUT2D eigenvalue weighted by molar-refractivity contribution is 0.111. The van der Waals surface area contributed by atoms with Gasteiger partial charge < -0.3 is 0 Å². The van der Waals surface area contributed by atoms with Gasteiger partial charge in [0.1, 0.15) is 0 Å². The first-order valence-electron chi connectivity index (χ1n) is 10.4. The lowest BCUT2D eigenvalue weighted by Gasteiger charge is -2.15. The first-order chi connectivity index (χ1) is 13.3. The van der Waals surface area contributed by atoms with Crippen molar-refractivity contribution in [3.05, 3.63) is 67.8 Å². The molecule has 2 nitrogen and oxygen atoms in total. The van der Waals surface area contributed by atoms with Gasteiger partial charge in [-0.1, -0.05) is 25.0 Å². The predicted molar refractivity (Wildman–Crippen MR) is 118 cm³/mol. The minimum absolute atomic E-state index is 0.858. The number of carbonyl (C=O) groups excluding carboxylic acids is 2. The maximum atomic E-state index is 11.4. The van der Waals surface area contributed by atoms with Crippen LogP contribution < -0.4 is 0 Å². The van der Waals surface area contributed by atoms with Gasteiger partial charge in [0, 0.05) is 11.1 Å². The van der Waals surface area contributed by atoms with E-state index in [4.69, 9.17) is 0 Å². The second-order valence-corrected chi connectivity index (χ2v) is 8.21. The largest absolute Gasteiger partial charge is 0.298 e. The molecule has 2 aromatic rings. The Bertz CT molecular complexity index is 801. The van der Waals surface area contributed by atoms with E-state index in [0.29, 0.717) is 0 Å². The Morgan fingerprint density at radius 3 is 1.25 bits per heavy atom. The van der Waals surface area contributed by atoms with Crippen LogP contribution in [0.3, 0.4) is 0 Å². The van der Waals surface area contributed by atoms with E-state index in [9.17, 15) is 9.59 Å². The van der Waals surface area contributed by atoms with Crippen molar-refractivity contribution in [2.75, 3.05) is 0 Å². The van der Waals surface area contributed by atoms with Gasteiger partial charge in [-0.15, -0.1) is 0 Å². The summed E-state index contributed by atoms with van der Waals surface area (Å²) in [5, 5.41) is 0. The highest BCUT2D eigenvalue weighted by atomic mass is 16.1. The van der Waals surface area contributed by atoms with Crippen molar-refractivity contribution >= 4 is 12.6 Å². The van der Waals surface area contributed by atoms with E-state index in [1.165, 1.54) is 35.1 Å². The molecule has 2 heteroatoms. The normalized spacial score (nSPS) is 10.9. The van der Waals surface area contributed by atoms with E-state index < -0.39 is 0 Å². The molecule has 0 aliphatic carbocycles. The van der Waals surface area contributed by atoms with Crippen LogP contribution in [-0.2, 0) is 12.8 Å². The van der Waals surface area contributed by atoms with Gasteiger partial charge in [-0.2, -0.15) is 0 Å². The fraction of sp³-hybridized carbons (Fsp3) is 0.462. The Morgan fingerprint density at radius 2 is 0.929 bits per heavy atom. The van der Waals surface area contributed by atoms with Crippen molar-refractivity contribution < 1.29 is 9.59 Å². The second kappa shape index (κ2) is 9.82. The van der Waals surface area contributed by atoms with Gasteiger partial charge in [-0.3, -0.25) is 9.59 Å². The summed E-state index contributed by atoms with van der Waals surface area (Å²) in [6, 6.07) is 4.28. The molecule has 0 amide bonds. The van der Waals surface area contributed by atoms with Crippen LogP contribution >= 0.6 is 0 Å². The monoisotopic (exact) mass is 378 g/mol. The van der Waals surface area contributed by atoms with Crippen LogP contribution in [-0.4, -0.2) is 12.6 Å². The molecular formula is C26H34O2. The molecule has 0 bridgehead atoms. The molecule has 2 rings (SSSR count). The van der Waals surface area contributed by atoms with Gasteiger partial charge >= 0.3 is 0 Å². The van der Waals surface area contributed by atoms with Crippen molar-refractivity contribution in [3.63, 3.8) is 0 Å². The molecule has 0 aromatic heterocycles. The minimum atomic E-state index is 0.858. The molecule has 0 fully saturated rings. The minimum Gasteiger partial charge on any atom is -0.298 e. The molecule has 0 unspecified atom stereocenters. The molecular weight excluding hydrogens is 344 g/mol. The molecule has 0 saturated heterocycles. The van der Waals surface area contributed by atoms with Gasteiger partial charge in [0.05, 0.1) is 0 Å². The molecule has 0 N–H and O–H groups in total. The van der Waals surface area contributed by atoms with Crippen molar-refractivity contribution in [2.24, 2.45) is 0 Å². The summed E-state index contributed by atoms with van der Waals surface area (Å²) < 4.78 is 0.